The van der Waals surface area contributed by atoms with Crippen LogP contribution >= 0.6 is 0 Å². The van der Waals surface area contributed by atoms with E-state index in [4.69, 9.17) is 4.42 Å². The van der Waals surface area contributed by atoms with Gasteiger partial charge in [0.15, 0.2) is 0 Å². The molecular formula is C40H27NO. The van der Waals surface area contributed by atoms with Gasteiger partial charge in [0.1, 0.15) is 11.2 Å². The van der Waals surface area contributed by atoms with Gasteiger partial charge in [0, 0.05) is 16.8 Å². The standard InChI is InChI=1S/C40H27NO/c1-2-15-32(16-3-1)41(37-20-10-22-39-40(37)36-18-6-7-21-38(36)42-39)33-25-23-28(24-26-33)30-13-8-14-31(27-30)35-19-9-12-29-11-4-5-17-34(29)35/h1-27H. The van der Waals surface area contributed by atoms with E-state index in [0.717, 1.165) is 39.0 Å². The van der Waals surface area contributed by atoms with Crippen LogP contribution in [0.1, 0.15) is 0 Å². The third kappa shape index (κ3) is 4.13. The summed E-state index contributed by atoms with van der Waals surface area (Å²) in [6.07, 6.45) is 0. The lowest BCUT2D eigenvalue weighted by Gasteiger charge is -2.26. The van der Waals surface area contributed by atoms with E-state index in [9.17, 15) is 0 Å². The normalized spacial score (nSPS) is 11.3. The van der Waals surface area contributed by atoms with Crippen LogP contribution in [0.25, 0.3) is 55.0 Å². The largest absolute Gasteiger partial charge is 0.456 e. The van der Waals surface area contributed by atoms with Crippen LogP contribution < -0.4 is 4.90 Å². The molecule has 8 aromatic rings. The van der Waals surface area contributed by atoms with E-state index in [1.807, 2.05) is 18.2 Å². The Morgan fingerprint density at radius 2 is 1.05 bits per heavy atom. The van der Waals surface area contributed by atoms with Gasteiger partial charge in [-0.2, -0.15) is 0 Å². The minimum absolute atomic E-state index is 0.886. The molecule has 2 heteroatoms. The highest BCUT2D eigenvalue weighted by Gasteiger charge is 2.19. The highest BCUT2D eigenvalue weighted by molar-refractivity contribution is 6.13. The molecule has 2 nitrogen and oxygen atoms in total. The van der Waals surface area contributed by atoms with Crippen LogP contribution in [0.4, 0.5) is 17.1 Å². The van der Waals surface area contributed by atoms with Crippen LogP contribution in [0.2, 0.25) is 0 Å². The molecule has 0 N–H and O–H groups in total. The number of rotatable bonds is 5. The lowest BCUT2D eigenvalue weighted by Crippen LogP contribution is -2.10. The molecule has 0 spiro atoms. The number of para-hydroxylation sites is 2. The number of fused-ring (bicyclic) bond motifs is 4. The van der Waals surface area contributed by atoms with Crippen LogP contribution in [0.3, 0.4) is 0 Å². The summed E-state index contributed by atoms with van der Waals surface area (Å²) in [5, 5.41) is 4.76. The fraction of sp³-hybridized carbons (Fsp3) is 0. The number of hydrogen-bond donors (Lipinski definition) is 0. The summed E-state index contributed by atoms with van der Waals surface area (Å²) in [4.78, 5) is 2.32. The van der Waals surface area contributed by atoms with Crippen LogP contribution in [-0.2, 0) is 0 Å². The van der Waals surface area contributed by atoms with Crippen molar-refractivity contribution in [3.05, 3.63) is 164 Å². The van der Waals surface area contributed by atoms with Gasteiger partial charge in [-0.05, 0) is 81.6 Å². The number of hydrogen-bond acceptors (Lipinski definition) is 2. The molecule has 0 atom stereocenters. The van der Waals surface area contributed by atoms with Crippen LogP contribution in [0.15, 0.2) is 168 Å². The van der Waals surface area contributed by atoms with Crippen molar-refractivity contribution in [2.45, 2.75) is 0 Å². The third-order valence-corrected chi connectivity index (χ3v) is 8.06. The summed E-state index contributed by atoms with van der Waals surface area (Å²) < 4.78 is 6.24. The summed E-state index contributed by atoms with van der Waals surface area (Å²) >= 11 is 0. The number of benzene rings is 7. The summed E-state index contributed by atoms with van der Waals surface area (Å²) in [5.74, 6) is 0. The molecule has 0 saturated heterocycles. The minimum Gasteiger partial charge on any atom is -0.456 e. The Bertz CT molecular complexity index is 2190. The summed E-state index contributed by atoms with van der Waals surface area (Å²) in [5.41, 5.74) is 9.91. The van der Waals surface area contributed by atoms with Crippen molar-refractivity contribution in [1.29, 1.82) is 0 Å². The molecule has 1 aromatic heterocycles. The predicted octanol–water partition coefficient (Wildman–Crippen LogP) is 11.5. The van der Waals surface area contributed by atoms with E-state index in [2.05, 4.69) is 150 Å². The number of nitrogens with zero attached hydrogens (tertiary/aromatic N) is 1. The second kappa shape index (κ2) is 10.1. The molecule has 198 valence electrons. The Balaban J connectivity index is 1.23. The van der Waals surface area contributed by atoms with Crippen molar-refractivity contribution in [3.63, 3.8) is 0 Å². The van der Waals surface area contributed by atoms with E-state index in [1.165, 1.54) is 33.0 Å². The Morgan fingerprint density at radius 3 is 1.93 bits per heavy atom. The van der Waals surface area contributed by atoms with Crippen LogP contribution in [-0.4, -0.2) is 0 Å². The molecule has 1 heterocycles. The summed E-state index contributed by atoms with van der Waals surface area (Å²) in [7, 11) is 0. The lowest BCUT2D eigenvalue weighted by atomic mass is 9.95. The Kier molecular flexibility index (Phi) is 5.82. The molecule has 0 amide bonds. The molecule has 0 radical (unpaired) electrons. The third-order valence-electron chi connectivity index (χ3n) is 8.06. The van der Waals surface area contributed by atoms with Gasteiger partial charge >= 0.3 is 0 Å². The monoisotopic (exact) mass is 537 g/mol. The van der Waals surface area contributed by atoms with Crippen LogP contribution in [0, 0.1) is 0 Å². The van der Waals surface area contributed by atoms with E-state index >= 15 is 0 Å². The topological polar surface area (TPSA) is 16.4 Å². The first-order valence-corrected chi connectivity index (χ1v) is 14.3. The Morgan fingerprint density at radius 1 is 0.405 bits per heavy atom. The van der Waals surface area contributed by atoms with Gasteiger partial charge in [0.05, 0.1) is 11.1 Å². The SMILES string of the molecule is c1ccc(N(c2ccc(-c3cccc(-c4cccc5ccccc45)c3)cc2)c2cccc3oc4ccccc4c23)cc1. The van der Waals surface area contributed by atoms with Crippen LogP contribution in [0.5, 0.6) is 0 Å². The molecule has 7 aromatic carbocycles. The van der Waals surface area contributed by atoms with Crippen molar-refractivity contribution >= 4 is 49.8 Å². The summed E-state index contributed by atoms with van der Waals surface area (Å²) in [6, 6.07) is 57.9. The fourth-order valence-corrected chi connectivity index (χ4v) is 6.09. The van der Waals surface area contributed by atoms with Gasteiger partial charge in [-0.15, -0.1) is 0 Å². The zero-order valence-electron chi connectivity index (χ0n) is 22.9. The molecule has 0 unspecified atom stereocenters. The van der Waals surface area contributed by atoms with E-state index < -0.39 is 0 Å². The van der Waals surface area contributed by atoms with Crippen molar-refractivity contribution in [3.8, 4) is 22.3 Å². The smallest absolute Gasteiger partial charge is 0.137 e. The van der Waals surface area contributed by atoms with Gasteiger partial charge in [-0.1, -0.05) is 115 Å². The fourth-order valence-electron chi connectivity index (χ4n) is 6.09. The highest BCUT2D eigenvalue weighted by Crippen LogP contribution is 2.43. The maximum absolute atomic E-state index is 6.24. The zero-order valence-corrected chi connectivity index (χ0v) is 22.9. The van der Waals surface area contributed by atoms with Crippen molar-refractivity contribution < 1.29 is 4.42 Å². The van der Waals surface area contributed by atoms with E-state index in [-0.39, 0.29) is 0 Å². The minimum atomic E-state index is 0.886. The highest BCUT2D eigenvalue weighted by atomic mass is 16.3. The maximum Gasteiger partial charge on any atom is 0.137 e. The van der Waals surface area contributed by atoms with E-state index in [1.54, 1.807) is 0 Å². The molecule has 42 heavy (non-hydrogen) atoms. The Labute approximate surface area is 244 Å². The quantitative estimate of drug-likeness (QED) is 0.217. The molecule has 0 aliphatic rings. The molecule has 0 aliphatic carbocycles. The first-order chi connectivity index (χ1) is 20.8. The first-order valence-electron chi connectivity index (χ1n) is 14.3. The predicted molar refractivity (Wildman–Crippen MR) is 177 cm³/mol. The van der Waals surface area contributed by atoms with Crippen molar-refractivity contribution in [1.82, 2.24) is 0 Å². The van der Waals surface area contributed by atoms with E-state index in [0.29, 0.717) is 0 Å². The lowest BCUT2D eigenvalue weighted by molar-refractivity contribution is 0.669. The van der Waals surface area contributed by atoms with Gasteiger partial charge in [-0.3, -0.25) is 0 Å². The van der Waals surface area contributed by atoms with Gasteiger partial charge in [-0.25, -0.2) is 0 Å². The molecule has 0 fully saturated rings. The maximum atomic E-state index is 6.24. The first kappa shape index (κ1) is 24.2. The summed E-state index contributed by atoms with van der Waals surface area (Å²) in [6.45, 7) is 0. The van der Waals surface area contributed by atoms with Crippen molar-refractivity contribution in [2.75, 3.05) is 4.90 Å². The zero-order chi connectivity index (χ0) is 27.9. The Hall–Kier alpha value is -5.60. The molecule has 0 bridgehead atoms. The number of anilines is 3. The second-order valence-electron chi connectivity index (χ2n) is 10.6. The average molecular weight is 538 g/mol. The molecular weight excluding hydrogens is 510 g/mol. The molecule has 0 aliphatic heterocycles. The molecule has 8 rings (SSSR count). The average Bonchev–Trinajstić information content (AvgIpc) is 3.45. The van der Waals surface area contributed by atoms with Gasteiger partial charge in [0.2, 0.25) is 0 Å². The van der Waals surface area contributed by atoms with Gasteiger partial charge in [0.25, 0.3) is 0 Å². The van der Waals surface area contributed by atoms with Crippen molar-refractivity contribution in [2.24, 2.45) is 0 Å². The second-order valence-corrected chi connectivity index (χ2v) is 10.6. The van der Waals surface area contributed by atoms with Gasteiger partial charge < -0.3 is 9.32 Å². The molecule has 0 saturated carbocycles. The number of furan rings is 1.